The zero-order valence-corrected chi connectivity index (χ0v) is 22.4. The summed E-state index contributed by atoms with van der Waals surface area (Å²) in [5.41, 5.74) is 0.628. The molecule has 39 heavy (non-hydrogen) atoms. The molecule has 0 unspecified atom stereocenters. The number of anilines is 4. The second-order valence-electron chi connectivity index (χ2n) is 7.97. The lowest BCUT2D eigenvalue weighted by Crippen LogP contribution is -2.35. The van der Waals surface area contributed by atoms with Crippen LogP contribution in [0.1, 0.15) is 5.56 Å². The third-order valence-corrected chi connectivity index (χ3v) is 6.17. The molecule has 15 heteroatoms. The molecule has 0 atom stereocenters. The highest BCUT2D eigenvalue weighted by atomic mass is 35.5. The molecule has 13 nitrogen and oxygen atoms in total. The van der Waals surface area contributed by atoms with Gasteiger partial charge in [-0.3, -0.25) is 19.7 Å². The number of hydrogen-bond donors (Lipinski definition) is 2. The molecule has 202 valence electrons. The fourth-order valence-corrected chi connectivity index (χ4v) is 4.17. The Bertz CT molecular complexity index is 1490. The predicted molar refractivity (Wildman–Crippen MR) is 146 cm³/mol. The first-order valence-corrected chi connectivity index (χ1v) is 12.0. The average Bonchev–Trinajstić information content (AvgIpc) is 3.30. The molecule has 4 rings (SSSR count). The summed E-state index contributed by atoms with van der Waals surface area (Å²) in [6.45, 7) is 0.100. The molecule has 0 fully saturated rings. The van der Waals surface area contributed by atoms with Crippen LogP contribution in [0, 0.1) is 10.1 Å². The van der Waals surface area contributed by atoms with E-state index in [0.29, 0.717) is 0 Å². The normalized spacial score (nSPS) is 10.6. The number of amides is 2. The summed E-state index contributed by atoms with van der Waals surface area (Å²) >= 11 is 12.9. The highest BCUT2D eigenvalue weighted by Gasteiger charge is 2.25. The van der Waals surface area contributed by atoms with Gasteiger partial charge in [-0.15, -0.1) is 5.10 Å². The van der Waals surface area contributed by atoms with Crippen LogP contribution in [0.15, 0.2) is 55.0 Å². The van der Waals surface area contributed by atoms with Gasteiger partial charge in [-0.1, -0.05) is 53.5 Å². The number of aryl methyl sites for hydroxylation is 1. The maximum Gasteiger partial charge on any atom is 0.331 e. The number of carbonyl (C=O) groups is 1. The molecular formula is C24H22Cl2N8O5. The Morgan fingerprint density at radius 1 is 1.10 bits per heavy atom. The number of carbonyl (C=O) groups excluding carboxylic acids is 1. The molecule has 2 aromatic carbocycles. The van der Waals surface area contributed by atoms with Gasteiger partial charge in [0.15, 0.2) is 0 Å². The number of rotatable bonds is 9. The van der Waals surface area contributed by atoms with Crippen molar-refractivity contribution in [1.82, 2.24) is 19.7 Å². The molecule has 0 spiro atoms. The smallest absolute Gasteiger partial charge is 0.331 e. The van der Waals surface area contributed by atoms with Crippen molar-refractivity contribution in [2.24, 2.45) is 7.05 Å². The Morgan fingerprint density at radius 2 is 1.77 bits per heavy atom. The van der Waals surface area contributed by atoms with Crippen molar-refractivity contribution in [3.05, 3.63) is 80.7 Å². The van der Waals surface area contributed by atoms with Gasteiger partial charge in [-0.25, -0.2) is 14.8 Å². The zero-order valence-electron chi connectivity index (χ0n) is 20.9. The van der Waals surface area contributed by atoms with Crippen molar-refractivity contribution in [1.29, 1.82) is 0 Å². The van der Waals surface area contributed by atoms with Crippen LogP contribution in [-0.4, -0.2) is 44.9 Å². The summed E-state index contributed by atoms with van der Waals surface area (Å²) in [5.74, 6) is 0.816. The summed E-state index contributed by atoms with van der Waals surface area (Å²) in [4.78, 5) is 34.2. The van der Waals surface area contributed by atoms with E-state index in [1.165, 1.54) is 48.5 Å². The van der Waals surface area contributed by atoms with E-state index >= 15 is 0 Å². The van der Waals surface area contributed by atoms with Crippen LogP contribution in [0.5, 0.6) is 11.5 Å². The van der Waals surface area contributed by atoms with Crippen LogP contribution in [0.25, 0.3) is 0 Å². The summed E-state index contributed by atoms with van der Waals surface area (Å²) in [7, 11) is 4.39. The lowest BCUT2D eigenvalue weighted by Gasteiger charge is -2.24. The lowest BCUT2D eigenvalue weighted by molar-refractivity contribution is -0.384. The number of benzene rings is 2. The average molecular weight is 573 g/mol. The molecule has 0 aliphatic heterocycles. The number of methoxy groups -OCH3 is 2. The largest absolute Gasteiger partial charge is 0.495 e. The number of nitro groups is 1. The van der Waals surface area contributed by atoms with E-state index in [9.17, 15) is 14.9 Å². The molecule has 0 aliphatic carbocycles. The number of nitrogens with zero attached hydrogens (tertiary/aromatic N) is 6. The van der Waals surface area contributed by atoms with Gasteiger partial charge in [-0.2, -0.15) is 0 Å². The molecule has 0 aliphatic rings. The van der Waals surface area contributed by atoms with Gasteiger partial charge in [-0.05, 0) is 5.56 Å². The van der Waals surface area contributed by atoms with Gasteiger partial charge in [0.1, 0.15) is 45.7 Å². The third-order valence-electron chi connectivity index (χ3n) is 5.42. The van der Waals surface area contributed by atoms with Gasteiger partial charge in [0.05, 0.1) is 31.4 Å². The van der Waals surface area contributed by atoms with Crippen LogP contribution in [0.3, 0.4) is 0 Å². The maximum atomic E-state index is 13.7. The van der Waals surface area contributed by atoms with E-state index in [-0.39, 0.29) is 56.9 Å². The number of hydrogen-bond acceptors (Lipinski definition) is 9. The molecule has 2 heterocycles. The minimum absolute atomic E-state index is 0.0201. The zero-order chi connectivity index (χ0) is 28.1. The van der Waals surface area contributed by atoms with E-state index in [2.05, 4.69) is 25.7 Å². The van der Waals surface area contributed by atoms with E-state index in [1.54, 1.807) is 7.05 Å². The summed E-state index contributed by atoms with van der Waals surface area (Å²) in [6, 6.07) is 11.5. The maximum absolute atomic E-state index is 13.7. The Hall–Kier alpha value is -4.62. The molecule has 0 bridgehead atoms. The Balaban J connectivity index is 1.71. The highest BCUT2D eigenvalue weighted by Crippen LogP contribution is 2.44. The van der Waals surface area contributed by atoms with Gasteiger partial charge < -0.3 is 20.1 Å². The molecule has 2 aromatic heterocycles. The second kappa shape index (κ2) is 11.8. The minimum atomic E-state index is -0.633. The lowest BCUT2D eigenvalue weighted by atomic mass is 10.2. The van der Waals surface area contributed by atoms with Gasteiger partial charge >= 0.3 is 11.7 Å². The standard InChI is InChI=1S/C24H22Cl2N8O5/c1-32-12-15(34(36)37)23(31-32)29-18-10-19(28-13-27-18)33(11-14-7-5-4-6-8-14)24(35)30-22-20(25)16(38-2)9-17(39-3)21(22)26/h4-10,12-13H,11H2,1-3H3,(H,30,35)(H,27,28,29,31). The first-order valence-electron chi connectivity index (χ1n) is 11.2. The summed E-state index contributed by atoms with van der Waals surface area (Å²) in [5, 5.41) is 21.1. The van der Waals surface area contributed by atoms with Crippen molar-refractivity contribution in [3.63, 3.8) is 0 Å². The topological polar surface area (TPSA) is 150 Å². The monoisotopic (exact) mass is 572 g/mol. The molecule has 0 radical (unpaired) electrons. The number of halogens is 2. The molecule has 4 aromatic rings. The first kappa shape index (κ1) is 27.4. The number of nitrogens with one attached hydrogen (secondary N) is 2. The van der Waals surface area contributed by atoms with Crippen molar-refractivity contribution < 1.29 is 19.2 Å². The van der Waals surface area contributed by atoms with Gasteiger partial charge in [0, 0.05) is 19.2 Å². The van der Waals surface area contributed by atoms with E-state index in [1.807, 2.05) is 30.3 Å². The highest BCUT2D eigenvalue weighted by molar-refractivity contribution is 6.41. The predicted octanol–water partition coefficient (Wildman–Crippen LogP) is 5.42. The molecule has 2 N–H and O–H groups in total. The number of aromatic nitrogens is 4. The van der Waals surface area contributed by atoms with E-state index < -0.39 is 11.0 Å². The Labute approximate surface area is 232 Å². The van der Waals surface area contributed by atoms with Gasteiger partial charge in [0.2, 0.25) is 5.82 Å². The van der Waals surface area contributed by atoms with Crippen LogP contribution < -0.4 is 25.0 Å². The van der Waals surface area contributed by atoms with Crippen LogP contribution in [0.2, 0.25) is 10.0 Å². The summed E-state index contributed by atoms with van der Waals surface area (Å²) in [6.07, 6.45) is 2.47. The van der Waals surface area contributed by atoms with Crippen molar-refractivity contribution >= 4 is 58.1 Å². The quantitative estimate of drug-likeness (QED) is 0.198. The molecule has 0 saturated heterocycles. The van der Waals surface area contributed by atoms with E-state index in [0.717, 1.165) is 5.56 Å². The molecule has 0 saturated carbocycles. The molecular weight excluding hydrogens is 551 g/mol. The Kier molecular flexibility index (Phi) is 8.32. The van der Waals surface area contributed by atoms with Crippen molar-refractivity contribution in [3.8, 4) is 11.5 Å². The summed E-state index contributed by atoms with van der Waals surface area (Å²) < 4.78 is 11.9. The SMILES string of the molecule is COc1cc(OC)c(Cl)c(NC(=O)N(Cc2ccccc2)c2cc(Nc3nn(C)cc3[N+](=O)[O-])ncn2)c1Cl. The van der Waals surface area contributed by atoms with Crippen molar-refractivity contribution in [2.75, 3.05) is 29.8 Å². The van der Waals surface area contributed by atoms with Crippen LogP contribution >= 0.6 is 23.2 Å². The van der Waals surface area contributed by atoms with Crippen LogP contribution in [-0.2, 0) is 13.6 Å². The number of ether oxygens (including phenoxy) is 2. The number of urea groups is 1. The first-order chi connectivity index (χ1) is 18.7. The third kappa shape index (κ3) is 6.10. The Morgan fingerprint density at radius 3 is 2.38 bits per heavy atom. The van der Waals surface area contributed by atoms with E-state index in [4.69, 9.17) is 32.7 Å². The van der Waals surface area contributed by atoms with Crippen LogP contribution in [0.4, 0.5) is 33.6 Å². The fraction of sp³-hybridized carbons (Fsp3) is 0.167. The van der Waals surface area contributed by atoms with Crippen molar-refractivity contribution in [2.45, 2.75) is 6.54 Å². The van der Waals surface area contributed by atoms with Gasteiger partial charge in [0.25, 0.3) is 0 Å². The minimum Gasteiger partial charge on any atom is -0.495 e. The molecule has 2 amide bonds. The second-order valence-corrected chi connectivity index (χ2v) is 8.72. The fourth-order valence-electron chi connectivity index (χ4n) is 3.58.